The zero-order chi connectivity index (χ0) is 25.7. The molecule has 0 rings (SSSR count). The number of hydrogen-bond acceptors (Lipinski definition) is 3. The smallest absolute Gasteiger partial charge is 0.376 e. The van der Waals surface area contributed by atoms with Gasteiger partial charge in [0, 0.05) is 13.0 Å². The fraction of sp³-hybridized carbons (Fsp3) is 0.935. The molecule has 0 aromatic carbocycles. The quantitative estimate of drug-likeness (QED) is 0.0700. The van der Waals surface area contributed by atoms with E-state index in [4.69, 9.17) is 4.74 Å². The Morgan fingerprint density at radius 2 is 0.771 bits per heavy atom. The third-order valence-corrected chi connectivity index (χ3v) is 6.99. The molecule has 0 unspecified atom stereocenters. The van der Waals surface area contributed by atoms with Gasteiger partial charge in [-0.25, -0.2) is 4.79 Å². The zero-order valence-electron chi connectivity index (χ0n) is 23.8. The highest BCUT2D eigenvalue weighted by atomic mass is 16.6. The van der Waals surface area contributed by atoms with Crippen LogP contribution in [0.2, 0.25) is 0 Å². The number of amides is 1. The van der Waals surface area contributed by atoms with Gasteiger partial charge in [0.25, 0.3) is 0 Å². The van der Waals surface area contributed by atoms with E-state index in [1.54, 1.807) is 0 Å². The van der Waals surface area contributed by atoms with Crippen molar-refractivity contribution >= 4 is 12.1 Å². The van der Waals surface area contributed by atoms with Gasteiger partial charge in [0.05, 0.1) is 0 Å². The van der Waals surface area contributed by atoms with Crippen LogP contribution in [0.15, 0.2) is 0 Å². The molecule has 0 atom stereocenters. The number of alkyl carbamates (subject to hydrolysis) is 1. The summed E-state index contributed by atoms with van der Waals surface area (Å²) < 4.78 is 4.86. The van der Waals surface area contributed by atoms with Crippen LogP contribution in [0.3, 0.4) is 0 Å². The number of ether oxygens (including phenoxy) is 1. The molecule has 0 spiro atoms. The standard InChI is InChI=1S/C31H61NO3/c1-3-5-7-9-11-13-14-15-16-17-18-19-21-23-25-27-29-32-31(34)35-30(33)28-26-24-22-20-12-10-8-6-4-2/h3-29H2,1-2H3,(H,32,34). The molecule has 0 radical (unpaired) electrons. The van der Waals surface area contributed by atoms with Crippen molar-refractivity contribution in [3.8, 4) is 0 Å². The number of carbonyl (C=O) groups is 2. The summed E-state index contributed by atoms with van der Waals surface area (Å²) in [6.07, 6.45) is 32.1. The van der Waals surface area contributed by atoms with Gasteiger partial charge in [-0.2, -0.15) is 0 Å². The molecule has 4 nitrogen and oxygen atoms in total. The van der Waals surface area contributed by atoms with E-state index in [9.17, 15) is 9.59 Å². The Balaban J connectivity index is 3.26. The summed E-state index contributed by atoms with van der Waals surface area (Å²) >= 11 is 0. The first-order chi connectivity index (χ1) is 17.2. The topological polar surface area (TPSA) is 55.4 Å². The van der Waals surface area contributed by atoms with Crippen LogP contribution in [-0.2, 0) is 9.53 Å². The van der Waals surface area contributed by atoms with Crippen molar-refractivity contribution in [2.24, 2.45) is 0 Å². The minimum absolute atomic E-state index is 0.350. The minimum Gasteiger partial charge on any atom is -0.376 e. The lowest BCUT2D eigenvalue weighted by molar-refractivity contribution is -0.137. The predicted octanol–water partition coefficient (Wildman–Crippen LogP) is 10.4. The molecule has 4 heteroatoms. The van der Waals surface area contributed by atoms with Crippen LogP contribution in [0.4, 0.5) is 4.79 Å². The van der Waals surface area contributed by atoms with E-state index >= 15 is 0 Å². The molecular formula is C31H61NO3. The molecule has 0 aliphatic rings. The van der Waals surface area contributed by atoms with Gasteiger partial charge >= 0.3 is 12.1 Å². The fourth-order valence-electron chi connectivity index (χ4n) is 4.63. The summed E-state index contributed by atoms with van der Waals surface area (Å²) in [4.78, 5) is 23.5. The fourth-order valence-corrected chi connectivity index (χ4v) is 4.63. The first-order valence-electron chi connectivity index (χ1n) is 15.7. The first-order valence-corrected chi connectivity index (χ1v) is 15.7. The summed E-state index contributed by atoms with van der Waals surface area (Å²) in [5.74, 6) is -0.391. The van der Waals surface area contributed by atoms with Gasteiger partial charge in [0.15, 0.2) is 0 Å². The van der Waals surface area contributed by atoms with Crippen molar-refractivity contribution in [2.45, 2.75) is 181 Å². The van der Waals surface area contributed by atoms with Crippen LogP contribution in [0.1, 0.15) is 181 Å². The van der Waals surface area contributed by atoms with Crippen molar-refractivity contribution < 1.29 is 14.3 Å². The van der Waals surface area contributed by atoms with Gasteiger partial charge in [0.2, 0.25) is 0 Å². The number of carbonyl (C=O) groups excluding carboxylic acids is 2. The number of hydrogen-bond donors (Lipinski definition) is 1. The highest BCUT2D eigenvalue weighted by Crippen LogP contribution is 2.14. The van der Waals surface area contributed by atoms with Crippen LogP contribution in [-0.4, -0.2) is 18.6 Å². The molecular weight excluding hydrogens is 434 g/mol. The Kier molecular flexibility index (Phi) is 28.3. The molecule has 0 saturated carbocycles. The second-order valence-electron chi connectivity index (χ2n) is 10.6. The maximum atomic E-state index is 11.8. The Labute approximate surface area is 219 Å². The molecule has 0 heterocycles. The van der Waals surface area contributed by atoms with Crippen molar-refractivity contribution in [2.75, 3.05) is 6.54 Å². The molecule has 1 N–H and O–H groups in total. The van der Waals surface area contributed by atoms with Crippen molar-refractivity contribution in [3.05, 3.63) is 0 Å². The Hall–Kier alpha value is -1.06. The van der Waals surface area contributed by atoms with Gasteiger partial charge in [-0.05, 0) is 12.8 Å². The number of rotatable bonds is 27. The molecule has 0 aromatic rings. The zero-order valence-corrected chi connectivity index (χ0v) is 23.8. The highest BCUT2D eigenvalue weighted by molar-refractivity contribution is 5.84. The van der Waals surface area contributed by atoms with E-state index in [1.165, 1.54) is 135 Å². The third-order valence-electron chi connectivity index (χ3n) is 6.99. The summed E-state index contributed by atoms with van der Waals surface area (Å²) in [5.41, 5.74) is 0. The van der Waals surface area contributed by atoms with Gasteiger partial charge in [0.1, 0.15) is 0 Å². The molecule has 0 saturated heterocycles. The van der Waals surface area contributed by atoms with Gasteiger partial charge < -0.3 is 10.1 Å². The third kappa shape index (κ3) is 29.1. The number of unbranched alkanes of at least 4 members (excludes halogenated alkanes) is 23. The number of nitrogens with one attached hydrogen (secondary N) is 1. The molecule has 1 amide bonds. The monoisotopic (exact) mass is 495 g/mol. The lowest BCUT2D eigenvalue weighted by Crippen LogP contribution is -2.27. The van der Waals surface area contributed by atoms with Crippen LogP contribution in [0.5, 0.6) is 0 Å². The summed E-state index contributed by atoms with van der Waals surface area (Å²) in [5, 5.41) is 2.72. The van der Waals surface area contributed by atoms with Crippen LogP contribution in [0, 0.1) is 0 Å². The SMILES string of the molecule is CCCCCCCCCCCCCCCCCCNC(=O)OC(=O)CCCCCCCCCCC. The van der Waals surface area contributed by atoms with Crippen molar-refractivity contribution in [1.29, 1.82) is 0 Å². The van der Waals surface area contributed by atoms with Gasteiger partial charge in [-0.15, -0.1) is 0 Å². The maximum Gasteiger partial charge on any atom is 0.414 e. The molecule has 0 fully saturated rings. The highest BCUT2D eigenvalue weighted by Gasteiger charge is 2.09. The minimum atomic E-state index is -0.577. The average molecular weight is 496 g/mol. The van der Waals surface area contributed by atoms with Crippen LogP contribution >= 0.6 is 0 Å². The summed E-state index contributed by atoms with van der Waals surface area (Å²) in [6, 6.07) is 0. The Morgan fingerprint density at radius 1 is 0.457 bits per heavy atom. The summed E-state index contributed by atoms with van der Waals surface area (Å²) in [6.45, 7) is 5.12. The molecule has 0 aromatic heterocycles. The second kappa shape index (κ2) is 29.2. The van der Waals surface area contributed by atoms with E-state index in [0.29, 0.717) is 13.0 Å². The van der Waals surface area contributed by atoms with Crippen LogP contribution < -0.4 is 5.32 Å². The Bertz CT molecular complexity index is 453. The van der Waals surface area contributed by atoms with Crippen molar-refractivity contribution in [1.82, 2.24) is 5.32 Å². The lowest BCUT2D eigenvalue weighted by Gasteiger charge is -2.06. The lowest BCUT2D eigenvalue weighted by atomic mass is 10.0. The maximum absolute atomic E-state index is 11.8. The van der Waals surface area contributed by atoms with E-state index in [1.807, 2.05) is 0 Å². The van der Waals surface area contributed by atoms with E-state index < -0.39 is 12.1 Å². The van der Waals surface area contributed by atoms with Crippen LogP contribution in [0.25, 0.3) is 0 Å². The largest absolute Gasteiger partial charge is 0.414 e. The normalized spacial score (nSPS) is 11.0. The second-order valence-corrected chi connectivity index (χ2v) is 10.6. The van der Waals surface area contributed by atoms with Gasteiger partial charge in [-0.1, -0.05) is 162 Å². The summed E-state index contributed by atoms with van der Waals surface area (Å²) in [7, 11) is 0. The van der Waals surface area contributed by atoms with Crippen molar-refractivity contribution in [3.63, 3.8) is 0 Å². The predicted molar refractivity (Wildman–Crippen MR) is 151 cm³/mol. The average Bonchev–Trinajstić information content (AvgIpc) is 2.85. The molecule has 208 valence electrons. The van der Waals surface area contributed by atoms with Gasteiger partial charge in [-0.3, -0.25) is 4.79 Å². The molecule has 0 bridgehead atoms. The van der Waals surface area contributed by atoms with E-state index in [-0.39, 0.29) is 0 Å². The molecule has 35 heavy (non-hydrogen) atoms. The van der Waals surface area contributed by atoms with E-state index in [2.05, 4.69) is 19.2 Å². The molecule has 0 aliphatic heterocycles. The first kappa shape index (κ1) is 33.9. The Morgan fingerprint density at radius 3 is 1.14 bits per heavy atom. The number of esters is 1. The van der Waals surface area contributed by atoms with E-state index in [0.717, 1.165) is 25.7 Å². The molecule has 0 aliphatic carbocycles.